The van der Waals surface area contributed by atoms with Crippen molar-refractivity contribution in [1.29, 1.82) is 0 Å². The zero-order valence-electron chi connectivity index (χ0n) is 8.70. The van der Waals surface area contributed by atoms with Gasteiger partial charge >= 0.3 is 0 Å². The van der Waals surface area contributed by atoms with Gasteiger partial charge in [-0.2, -0.15) is 0 Å². The molecule has 0 aromatic carbocycles. The number of aromatic nitrogens is 2. The molecule has 1 aromatic rings. The summed E-state index contributed by atoms with van der Waals surface area (Å²) in [5.74, 6) is -0.197. The van der Waals surface area contributed by atoms with E-state index in [9.17, 15) is 4.79 Å². The quantitative estimate of drug-likeness (QED) is 0.869. The average Bonchev–Trinajstić information content (AvgIpc) is 2.18. The number of hydrogen-bond donors (Lipinski definition) is 1. The number of amides is 1. The van der Waals surface area contributed by atoms with Crippen molar-refractivity contribution in [2.75, 3.05) is 27.2 Å². The van der Waals surface area contributed by atoms with E-state index >= 15 is 0 Å². The fraction of sp³-hybridized carbons (Fsp3) is 0.444. The lowest BCUT2D eigenvalue weighted by molar-refractivity contribution is 0.0945. The van der Waals surface area contributed by atoms with Crippen LogP contribution in [0.1, 0.15) is 10.5 Å². The Bertz CT molecular complexity index is 325. The zero-order chi connectivity index (χ0) is 11.3. The Morgan fingerprint density at radius 2 is 2.20 bits per heavy atom. The molecule has 15 heavy (non-hydrogen) atoms. The molecule has 1 N–H and O–H groups in total. The molecule has 0 aliphatic carbocycles. The van der Waals surface area contributed by atoms with Crippen molar-refractivity contribution >= 4 is 21.8 Å². The molecular weight excluding hydrogens is 260 g/mol. The molecule has 0 saturated carbocycles. The summed E-state index contributed by atoms with van der Waals surface area (Å²) in [5, 5.41) is 2.75. The lowest BCUT2D eigenvalue weighted by atomic mass is 10.4. The summed E-state index contributed by atoms with van der Waals surface area (Å²) in [5.41, 5.74) is 0.331. The Hall–Kier alpha value is -1.01. The molecule has 0 radical (unpaired) electrons. The van der Waals surface area contributed by atoms with Crippen molar-refractivity contribution in [3.8, 4) is 0 Å². The Labute approximate surface area is 97.0 Å². The van der Waals surface area contributed by atoms with Gasteiger partial charge in [0.05, 0.1) is 12.4 Å². The van der Waals surface area contributed by atoms with Gasteiger partial charge in [-0.1, -0.05) is 0 Å². The van der Waals surface area contributed by atoms with Gasteiger partial charge in [0.2, 0.25) is 0 Å². The van der Waals surface area contributed by atoms with Gasteiger partial charge in [0.25, 0.3) is 5.91 Å². The van der Waals surface area contributed by atoms with Crippen LogP contribution in [0.25, 0.3) is 0 Å². The number of nitrogens with zero attached hydrogens (tertiary/aromatic N) is 3. The third kappa shape index (κ3) is 4.35. The summed E-state index contributed by atoms with van der Waals surface area (Å²) in [6.07, 6.45) is 2.94. The first-order chi connectivity index (χ1) is 7.09. The average molecular weight is 273 g/mol. The summed E-state index contributed by atoms with van der Waals surface area (Å²) in [7, 11) is 3.90. The van der Waals surface area contributed by atoms with Crippen LogP contribution in [0.15, 0.2) is 17.0 Å². The first-order valence-electron chi connectivity index (χ1n) is 4.50. The second-order valence-corrected chi connectivity index (χ2v) is 4.10. The van der Waals surface area contributed by atoms with Gasteiger partial charge in [0.15, 0.2) is 0 Å². The van der Waals surface area contributed by atoms with E-state index in [1.807, 2.05) is 19.0 Å². The van der Waals surface area contributed by atoms with Crippen LogP contribution in [0, 0.1) is 0 Å². The van der Waals surface area contributed by atoms with Gasteiger partial charge in [0, 0.05) is 13.1 Å². The third-order valence-electron chi connectivity index (χ3n) is 1.70. The van der Waals surface area contributed by atoms with Crippen LogP contribution in [0.2, 0.25) is 0 Å². The van der Waals surface area contributed by atoms with Crippen LogP contribution in [0.3, 0.4) is 0 Å². The molecule has 1 heterocycles. The molecule has 0 fully saturated rings. The number of carbonyl (C=O) groups excluding carboxylic acids is 1. The second kappa shape index (κ2) is 5.77. The van der Waals surface area contributed by atoms with E-state index in [4.69, 9.17) is 0 Å². The highest BCUT2D eigenvalue weighted by Gasteiger charge is 2.06. The molecule has 1 aromatic heterocycles. The number of nitrogens with one attached hydrogen (secondary N) is 1. The fourth-order valence-electron chi connectivity index (χ4n) is 0.913. The van der Waals surface area contributed by atoms with Gasteiger partial charge in [-0.05, 0) is 30.0 Å². The molecule has 0 bridgehead atoms. The Balaban J connectivity index is 2.43. The van der Waals surface area contributed by atoms with Crippen LogP contribution < -0.4 is 5.32 Å². The topological polar surface area (TPSA) is 58.1 Å². The van der Waals surface area contributed by atoms with Crippen LogP contribution in [0.5, 0.6) is 0 Å². The van der Waals surface area contributed by atoms with E-state index in [1.54, 1.807) is 0 Å². The molecule has 6 heteroatoms. The second-order valence-electron chi connectivity index (χ2n) is 3.28. The van der Waals surface area contributed by atoms with Crippen molar-refractivity contribution < 1.29 is 4.79 Å². The minimum atomic E-state index is -0.197. The lowest BCUT2D eigenvalue weighted by Gasteiger charge is -2.09. The summed E-state index contributed by atoms with van der Waals surface area (Å²) in [6.45, 7) is 1.40. The van der Waals surface area contributed by atoms with E-state index in [0.29, 0.717) is 16.8 Å². The van der Waals surface area contributed by atoms with Crippen molar-refractivity contribution in [2.45, 2.75) is 0 Å². The highest BCUT2D eigenvalue weighted by atomic mass is 79.9. The van der Waals surface area contributed by atoms with E-state index < -0.39 is 0 Å². The number of hydrogen-bond acceptors (Lipinski definition) is 4. The third-order valence-corrected chi connectivity index (χ3v) is 2.11. The van der Waals surface area contributed by atoms with E-state index in [2.05, 4.69) is 31.2 Å². The number of carbonyl (C=O) groups is 1. The van der Waals surface area contributed by atoms with Crippen molar-refractivity contribution in [1.82, 2.24) is 20.2 Å². The molecule has 0 unspecified atom stereocenters. The van der Waals surface area contributed by atoms with Gasteiger partial charge in [-0.25, -0.2) is 9.97 Å². The molecule has 0 aliphatic rings. The van der Waals surface area contributed by atoms with E-state index in [-0.39, 0.29) is 5.91 Å². The molecule has 82 valence electrons. The molecule has 5 nitrogen and oxygen atoms in total. The highest BCUT2D eigenvalue weighted by Crippen LogP contribution is 2.02. The smallest absolute Gasteiger partial charge is 0.271 e. The van der Waals surface area contributed by atoms with Crippen molar-refractivity contribution in [3.05, 3.63) is 22.7 Å². The first-order valence-corrected chi connectivity index (χ1v) is 5.29. The first kappa shape index (κ1) is 12.1. The predicted octanol–water partition coefficient (Wildman–Crippen LogP) is 0.531. The molecule has 0 aliphatic heterocycles. The van der Waals surface area contributed by atoms with Gasteiger partial charge in [0.1, 0.15) is 10.3 Å². The maximum Gasteiger partial charge on any atom is 0.271 e. The van der Waals surface area contributed by atoms with Gasteiger partial charge in [-0.15, -0.1) is 0 Å². The normalized spacial score (nSPS) is 10.4. The molecule has 1 rings (SSSR count). The number of likely N-dealkylation sites (N-methyl/N-ethyl adjacent to an activating group) is 1. The largest absolute Gasteiger partial charge is 0.349 e. The highest BCUT2D eigenvalue weighted by molar-refractivity contribution is 9.10. The summed E-state index contributed by atoms with van der Waals surface area (Å²) in [4.78, 5) is 21.4. The zero-order valence-corrected chi connectivity index (χ0v) is 10.3. The SMILES string of the molecule is CN(C)CCNC(=O)c1cnc(Br)cn1. The number of halogens is 1. The van der Waals surface area contributed by atoms with Gasteiger partial charge in [-0.3, -0.25) is 4.79 Å². The summed E-state index contributed by atoms with van der Waals surface area (Å²) in [6, 6.07) is 0. The monoisotopic (exact) mass is 272 g/mol. The van der Waals surface area contributed by atoms with Gasteiger partial charge < -0.3 is 10.2 Å². The maximum atomic E-state index is 11.5. The Morgan fingerprint density at radius 3 is 2.73 bits per heavy atom. The van der Waals surface area contributed by atoms with Crippen molar-refractivity contribution in [3.63, 3.8) is 0 Å². The maximum absolute atomic E-state index is 11.5. The lowest BCUT2D eigenvalue weighted by Crippen LogP contribution is -2.31. The van der Waals surface area contributed by atoms with Crippen LogP contribution in [0.4, 0.5) is 0 Å². The van der Waals surface area contributed by atoms with Crippen molar-refractivity contribution in [2.24, 2.45) is 0 Å². The molecule has 1 amide bonds. The van der Waals surface area contributed by atoms with Crippen LogP contribution in [-0.2, 0) is 0 Å². The fourth-order valence-corrected chi connectivity index (χ4v) is 1.12. The van der Waals surface area contributed by atoms with E-state index in [1.165, 1.54) is 12.4 Å². The van der Waals surface area contributed by atoms with Crippen LogP contribution >= 0.6 is 15.9 Å². The minimum absolute atomic E-state index is 0.197. The van der Waals surface area contributed by atoms with Crippen LogP contribution in [-0.4, -0.2) is 48.0 Å². The van der Waals surface area contributed by atoms with E-state index in [0.717, 1.165) is 6.54 Å². The number of rotatable bonds is 4. The minimum Gasteiger partial charge on any atom is -0.349 e. The molecule has 0 atom stereocenters. The molecule has 0 saturated heterocycles. The molecule has 0 spiro atoms. The Kier molecular flexibility index (Phi) is 4.64. The predicted molar refractivity (Wildman–Crippen MR) is 60.6 cm³/mol. The summed E-state index contributed by atoms with van der Waals surface area (Å²) >= 11 is 3.15. The summed E-state index contributed by atoms with van der Waals surface area (Å²) < 4.78 is 0.618. The standard InChI is InChI=1S/C9H13BrN4O/c1-14(2)4-3-11-9(15)7-5-13-8(10)6-12-7/h5-6H,3-4H2,1-2H3,(H,11,15). The Morgan fingerprint density at radius 1 is 1.47 bits per heavy atom. The molecular formula is C9H13BrN4O.